The summed E-state index contributed by atoms with van der Waals surface area (Å²) >= 11 is 0. The molecular formula is C15H22O4. The van der Waals surface area contributed by atoms with Crippen molar-refractivity contribution < 1.29 is 19.0 Å². The lowest BCUT2D eigenvalue weighted by Crippen LogP contribution is -2.09. The van der Waals surface area contributed by atoms with E-state index in [2.05, 4.69) is 0 Å². The molecule has 0 spiro atoms. The molecule has 0 unspecified atom stereocenters. The van der Waals surface area contributed by atoms with Crippen molar-refractivity contribution in [1.82, 2.24) is 0 Å². The fraction of sp³-hybridized carbons (Fsp3) is 0.533. The second-order valence-electron chi connectivity index (χ2n) is 4.03. The summed E-state index contributed by atoms with van der Waals surface area (Å²) in [7, 11) is 0. The number of ether oxygens (including phenoxy) is 3. The van der Waals surface area contributed by atoms with Crippen LogP contribution in [0.3, 0.4) is 0 Å². The van der Waals surface area contributed by atoms with Gasteiger partial charge in [-0.1, -0.05) is 13.0 Å². The Hall–Kier alpha value is -1.71. The Morgan fingerprint density at radius 2 is 1.89 bits per heavy atom. The lowest BCUT2D eigenvalue weighted by molar-refractivity contribution is -0.142. The van der Waals surface area contributed by atoms with Crippen LogP contribution < -0.4 is 9.47 Å². The van der Waals surface area contributed by atoms with E-state index in [0.717, 1.165) is 17.7 Å². The van der Waals surface area contributed by atoms with E-state index in [-0.39, 0.29) is 12.4 Å². The van der Waals surface area contributed by atoms with Gasteiger partial charge in [-0.15, -0.1) is 0 Å². The van der Waals surface area contributed by atoms with Gasteiger partial charge in [-0.2, -0.15) is 0 Å². The van der Waals surface area contributed by atoms with E-state index < -0.39 is 0 Å². The smallest absolute Gasteiger partial charge is 0.310 e. The van der Waals surface area contributed by atoms with E-state index in [4.69, 9.17) is 14.2 Å². The Balaban J connectivity index is 2.84. The molecule has 0 bridgehead atoms. The first-order chi connectivity index (χ1) is 9.21. The van der Waals surface area contributed by atoms with Crippen LogP contribution >= 0.6 is 0 Å². The van der Waals surface area contributed by atoms with Gasteiger partial charge in [-0.25, -0.2) is 0 Å². The molecule has 0 aliphatic carbocycles. The van der Waals surface area contributed by atoms with Gasteiger partial charge >= 0.3 is 5.97 Å². The van der Waals surface area contributed by atoms with Gasteiger partial charge in [0.25, 0.3) is 0 Å². The third kappa shape index (κ3) is 5.20. The second-order valence-corrected chi connectivity index (χ2v) is 4.03. The highest BCUT2D eigenvalue weighted by Gasteiger charge is 2.11. The Morgan fingerprint density at radius 1 is 1.11 bits per heavy atom. The minimum atomic E-state index is -0.243. The number of hydrogen-bond donors (Lipinski definition) is 0. The summed E-state index contributed by atoms with van der Waals surface area (Å²) in [6.07, 6.45) is 1.14. The highest BCUT2D eigenvalue weighted by Crippen LogP contribution is 2.26. The Labute approximate surface area is 114 Å². The van der Waals surface area contributed by atoms with E-state index >= 15 is 0 Å². The molecular weight excluding hydrogens is 244 g/mol. The normalized spacial score (nSPS) is 10.1. The highest BCUT2D eigenvalue weighted by molar-refractivity contribution is 5.73. The van der Waals surface area contributed by atoms with Crippen molar-refractivity contribution in [2.45, 2.75) is 33.6 Å². The molecule has 0 N–H and O–H groups in total. The van der Waals surface area contributed by atoms with Gasteiger partial charge in [0.2, 0.25) is 0 Å². The monoisotopic (exact) mass is 266 g/mol. The first-order valence-electron chi connectivity index (χ1n) is 6.75. The van der Waals surface area contributed by atoms with Gasteiger partial charge in [0.1, 0.15) is 11.5 Å². The molecule has 0 radical (unpaired) electrons. The molecule has 4 heteroatoms. The lowest BCUT2D eigenvalue weighted by Gasteiger charge is -2.12. The second kappa shape index (κ2) is 8.40. The van der Waals surface area contributed by atoms with Crippen LogP contribution in [-0.2, 0) is 16.0 Å². The number of rotatable bonds is 8. The lowest BCUT2D eigenvalue weighted by atomic mass is 10.1. The standard InChI is InChI=1S/C15H22O4/c1-4-9-19-14-11-13(17-5-2)8-7-12(14)10-15(16)18-6-3/h7-8,11H,4-6,9-10H2,1-3H3. The predicted molar refractivity (Wildman–Crippen MR) is 73.7 cm³/mol. The van der Waals surface area contributed by atoms with Gasteiger partial charge in [0, 0.05) is 11.6 Å². The summed E-state index contributed by atoms with van der Waals surface area (Å²) in [6.45, 7) is 7.37. The van der Waals surface area contributed by atoms with Crippen LogP contribution in [0.5, 0.6) is 11.5 Å². The largest absolute Gasteiger partial charge is 0.494 e. The molecule has 0 aliphatic heterocycles. The first kappa shape index (κ1) is 15.3. The summed E-state index contributed by atoms with van der Waals surface area (Å²) in [4.78, 5) is 11.5. The highest BCUT2D eigenvalue weighted by atomic mass is 16.5. The Morgan fingerprint density at radius 3 is 2.53 bits per heavy atom. The Kier molecular flexibility index (Phi) is 6.79. The summed E-state index contributed by atoms with van der Waals surface area (Å²) in [5.74, 6) is 1.20. The SMILES string of the molecule is CCCOc1cc(OCC)ccc1CC(=O)OCC. The maximum Gasteiger partial charge on any atom is 0.310 e. The average Bonchev–Trinajstić information content (AvgIpc) is 2.39. The number of esters is 1. The van der Waals surface area contributed by atoms with Crippen molar-refractivity contribution in [3.8, 4) is 11.5 Å². The van der Waals surface area contributed by atoms with Crippen LogP contribution in [0.4, 0.5) is 0 Å². The van der Waals surface area contributed by atoms with Crippen molar-refractivity contribution in [3.05, 3.63) is 23.8 Å². The molecule has 1 aromatic carbocycles. The van der Waals surface area contributed by atoms with Crippen molar-refractivity contribution >= 4 is 5.97 Å². The fourth-order valence-corrected chi connectivity index (χ4v) is 1.65. The van der Waals surface area contributed by atoms with Crippen LogP contribution in [-0.4, -0.2) is 25.8 Å². The predicted octanol–water partition coefficient (Wildman–Crippen LogP) is 2.98. The number of carbonyl (C=O) groups excluding carboxylic acids is 1. The molecule has 0 heterocycles. The van der Waals surface area contributed by atoms with Gasteiger partial charge in [0.15, 0.2) is 0 Å². The van der Waals surface area contributed by atoms with Crippen LogP contribution in [0.15, 0.2) is 18.2 Å². The van der Waals surface area contributed by atoms with Crippen molar-refractivity contribution in [3.63, 3.8) is 0 Å². The molecule has 19 heavy (non-hydrogen) atoms. The first-order valence-corrected chi connectivity index (χ1v) is 6.75. The maximum atomic E-state index is 11.5. The molecule has 4 nitrogen and oxygen atoms in total. The van der Waals surface area contributed by atoms with E-state index in [1.54, 1.807) is 6.92 Å². The molecule has 0 fully saturated rings. The van der Waals surface area contributed by atoms with Gasteiger partial charge < -0.3 is 14.2 Å². The minimum Gasteiger partial charge on any atom is -0.494 e. The zero-order valence-corrected chi connectivity index (χ0v) is 11.9. The van der Waals surface area contributed by atoms with Crippen LogP contribution in [0.1, 0.15) is 32.8 Å². The van der Waals surface area contributed by atoms with Crippen molar-refractivity contribution in [1.29, 1.82) is 0 Å². The third-order valence-electron chi connectivity index (χ3n) is 2.45. The summed E-state index contributed by atoms with van der Waals surface area (Å²) in [5, 5.41) is 0. The van der Waals surface area contributed by atoms with E-state index in [1.807, 2.05) is 32.0 Å². The molecule has 1 rings (SSSR count). The van der Waals surface area contributed by atoms with Crippen LogP contribution in [0, 0.1) is 0 Å². The summed E-state index contributed by atoms with van der Waals surface area (Å²) < 4.78 is 16.1. The van der Waals surface area contributed by atoms with E-state index in [1.165, 1.54) is 0 Å². The molecule has 0 amide bonds. The molecule has 0 aliphatic rings. The number of benzene rings is 1. The van der Waals surface area contributed by atoms with Crippen molar-refractivity contribution in [2.24, 2.45) is 0 Å². The summed E-state index contributed by atoms with van der Waals surface area (Å²) in [6, 6.07) is 5.53. The van der Waals surface area contributed by atoms with Gasteiger partial charge in [0.05, 0.1) is 26.2 Å². The van der Waals surface area contributed by atoms with E-state index in [0.29, 0.717) is 25.6 Å². The molecule has 0 saturated heterocycles. The average molecular weight is 266 g/mol. The number of carbonyl (C=O) groups is 1. The van der Waals surface area contributed by atoms with E-state index in [9.17, 15) is 4.79 Å². The fourth-order valence-electron chi connectivity index (χ4n) is 1.65. The zero-order chi connectivity index (χ0) is 14.1. The molecule has 0 aromatic heterocycles. The molecule has 0 atom stereocenters. The third-order valence-corrected chi connectivity index (χ3v) is 2.45. The molecule has 1 aromatic rings. The minimum absolute atomic E-state index is 0.222. The van der Waals surface area contributed by atoms with Crippen molar-refractivity contribution in [2.75, 3.05) is 19.8 Å². The van der Waals surface area contributed by atoms with Crippen LogP contribution in [0.25, 0.3) is 0 Å². The zero-order valence-electron chi connectivity index (χ0n) is 11.9. The number of hydrogen-bond acceptors (Lipinski definition) is 4. The summed E-state index contributed by atoms with van der Waals surface area (Å²) in [5.41, 5.74) is 0.829. The maximum absolute atomic E-state index is 11.5. The quantitative estimate of drug-likeness (QED) is 0.679. The molecule has 0 saturated carbocycles. The van der Waals surface area contributed by atoms with Gasteiger partial charge in [-0.3, -0.25) is 4.79 Å². The Bertz CT molecular complexity index is 401. The topological polar surface area (TPSA) is 44.8 Å². The van der Waals surface area contributed by atoms with Gasteiger partial charge in [-0.05, 0) is 26.3 Å². The van der Waals surface area contributed by atoms with Crippen LogP contribution in [0.2, 0.25) is 0 Å². The molecule has 106 valence electrons.